The van der Waals surface area contributed by atoms with Gasteiger partial charge in [-0.3, -0.25) is 4.99 Å². The van der Waals surface area contributed by atoms with Crippen LogP contribution in [0.4, 0.5) is 0 Å². The van der Waals surface area contributed by atoms with E-state index in [0.717, 1.165) is 23.5 Å². The van der Waals surface area contributed by atoms with Gasteiger partial charge in [-0.05, 0) is 35.8 Å². The minimum Gasteiger partial charge on any atom is -0.493 e. The molecular weight excluding hydrogens is 357 g/mol. The van der Waals surface area contributed by atoms with Gasteiger partial charge in [0.2, 0.25) is 0 Å². The van der Waals surface area contributed by atoms with Gasteiger partial charge in [0, 0.05) is 31.1 Å². The summed E-state index contributed by atoms with van der Waals surface area (Å²) in [6.45, 7) is 6.87. The number of para-hydroxylation sites is 1. The van der Waals surface area contributed by atoms with Crippen LogP contribution in [0.1, 0.15) is 37.0 Å². The van der Waals surface area contributed by atoms with E-state index in [1.54, 1.807) is 14.2 Å². The summed E-state index contributed by atoms with van der Waals surface area (Å²) in [7, 11) is 5.67. The first kappa shape index (κ1) is 21.4. The Balaban J connectivity index is 2.56. The zero-order valence-corrected chi connectivity index (χ0v) is 18.1. The maximum absolute atomic E-state index is 5.93. The normalized spacial score (nSPS) is 14.0. The summed E-state index contributed by atoms with van der Waals surface area (Å²) in [4.78, 5) is 4.24. The molecule has 0 aromatic heterocycles. The maximum atomic E-state index is 5.93. The number of aliphatic imine (C=N–C) groups is 1. The molecular formula is C22H30NO3P. The van der Waals surface area contributed by atoms with Crippen molar-refractivity contribution in [2.24, 2.45) is 4.99 Å². The fourth-order valence-electron chi connectivity index (χ4n) is 3.11. The van der Waals surface area contributed by atoms with Crippen LogP contribution in [0.5, 0.6) is 11.5 Å². The minimum atomic E-state index is -0.0972. The van der Waals surface area contributed by atoms with E-state index in [9.17, 15) is 0 Å². The molecule has 146 valence electrons. The van der Waals surface area contributed by atoms with Crippen molar-refractivity contribution in [3.05, 3.63) is 53.1 Å². The van der Waals surface area contributed by atoms with Crippen LogP contribution in [0.2, 0.25) is 0 Å². The third-order valence-corrected chi connectivity index (χ3v) is 6.90. The molecule has 0 bridgehead atoms. The van der Waals surface area contributed by atoms with Crippen molar-refractivity contribution >= 4 is 20.1 Å². The molecule has 0 radical (unpaired) electrons. The van der Waals surface area contributed by atoms with Gasteiger partial charge in [0.15, 0.2) is 18.3 Å². The molecule has 2 rings (SSSR count). The van der Waals surface area contributed by atoms with Gasteiger partial charge in [0.1, 0.15) is 0 Å². The second-order valence-electron chi connectivity index (χ2n) is 6.62. The summed E-state index contributed by atoms with van der Waals surface area (Å²) in [5.41, 5.74) is 3.60. The lowest BCUT2D eigenvalue weighted by Gasteiger charge is -2.32. The highest BCUT2D eigenvalue weighted by atomic mass is 31.1. The van der Waals surface area contributed by atoms with E-state index in [2.05, 4.69) is 50.0 Å². The van der Waals surface area contributed by atoms with E-state index >= 15 is 0 Å². The molecule has 0 fully saturated rings. The second kappa shape index (κ2) is 9.87. The number of nitrogens with zero attached hydrogens (tertiary/aromatic N) is 1. The van der Waals surface area contributed by atoms with Gasteiger partial charge in [-0.1, -0.05) is 52.8 Å². The number of hydrogen-bond acceptors (Lipinski definition) is 4. The summed E-state index contributed by atoms with van der Waals surface area (Å²) < 4.78 is 16.6. The lowest BCUT2D eigenvalue weighted by Crippen LogP contribution is -2.22. The molecule has 5 heteroatoms. The molecule has 2 unspecified atom stereocenters. The highest BCUT2D eigenvalue weighted by molar-refractivity contribution is 7.49. The van der Waals surface area contributed by atoms with E-state index in [0.29, 0.717) is 8.58 Å². The molecule has 4 nitrogen and oxygen atoms in total. The summed E-state index contributed by atoms with van der Waals surface area (Å²) in [5.74, 6) is 1.49. The van der Waals surface area contributed by atoms with E-state index < -0.39 is 0 Å². The molecule has 0 spiro atoms. The van der Waals surface area contributed by atoms with Crippen LogP contribution in [0.15, 0.2) is 41.4 Å². The molecule has 2 aromatic carbocycles. The fourth-order valence-corrected chi connectivity index (χ4v) is 4.74. The van der Waals surface area contributed by atoms with E-state index in [1.807, 2.05) is 25.4 Å². The number of ether oxygens (including phenoxy) is 3. The molecule has 0 saturated carbocycles. The van der Waals surface area contributed by atoms with Crippen LogP contribution in [0, 0.1) is 6.92 Å². The molecule has 2 atom stereocenters. The van der Waals surface area contributed by atoms with Crippen LogP contribution in [0.3, 0.4) is 0 Å². The Bertz CT molecular complexity index is 791. The predicted octanol–water partition coefficient (Wildman–Crippen LogP) is 4.66. The third kappa shape index (κ3) is 4.88. The van der Waals surface area contributed by atoms with Crippen LogP contribution in [-0.4, -0.2) is 34.3 Å². The van der Waals surface area contributed by atoms with E-state index in [1.165, 1.54) is 16.4 Å². The molecule has 2 aromatic rings. The number of hydrogen-bond donors (Lipinski definition) is 0. The van der Waals surface area contributed by atoms with Crippen molar-refractivity contribution < 1.29 is 14.2 Å². The van der Waals surface area contributed by atoms with Crippen molar-refractivity contribution in [2.45, 2.75) is 32.3 Å². The van der Waals surface area contributed by atoms with Crippen LogP contribution in [0.25, 0.3) is 0 Å². The second-order valence-corrected chi connectivity index (χ2v) is 8.48. The lowest BCUT2D eigenvalue weighted by atomic mass is 9.96. The standard InChI is InChI=1S/C22H30NO3P/c1-7-22(3,27-21-16(2)10-8-11-17(21)14-23-4)18-12-9-13-19(25-6)20(18)26-15-24-5/h8-14,27H,7,15H2,1-6H3/b23-14+. The largest absolute Gasteiger partial charge is 0.493 e. The number of aryl methyl sites for hydroxylation is 1. The Morgan fingerprint density at radius 3 is 2.52 bits per heavy atom. The van der Waals surface area contributed by atoms with Crippen molar-refractivity contribution in [3.63, 3.8) is 0 Å². The monoisotopic (exact) mass is 387 g/mol. The summed E-state index contributed by atoms with van der Waals surface area (Å²) in [5, 5.41) is 1.24. The Kier molecular flexibility index (Phi) is 7.82. The van der Waals surface area contributed by atoms with Gasteiger partial charge in [0.25, 0.3) is 0 Å². The predicted molar refractivity (Wildman–Crippen MR) is 116 cm³/mol. The van der Waals surface area contributed by atoms with Crippen molar-refractivity contribution in [2.75, 3.05) is 28.1 Å². The zero-order valence-electron chi connectivity index (χ0n) is 17.1. The maximum Gasteiger partial charge on any atom is 0.188 e. The highest BCUT2D eigenvalue weighted by Crippen LogP contribution is 2.50. The van der Waals surface area contributed by atoms with Gasteiger partial charge >= 0.3 is 0 Å². The Hall–Kier alpha value is -1.90. The molecule has 0 aliphatic heterocycles. The average Bonchev–Trinajstić information content (AvgIpc) is 2.68. The summed E-state index contributed by atoms with van der Waals surface area (Å²) in [6, 6.07) is 12.5. The summed E-state index contributed by atoms with van der Waals surface area (Å²) >= 11 is 0. The van der Waals surface area contributed by atoms with Gasteiger partial charge in [-0.15, -0.1) is 0 Å². The molecule has 0 aliphatic rings. The van der Waals surface area contributed by atoms with Gasteiger partial charge in [-0.2, -0.15) is 0 Å². The first-order valence-electron chi connectivity index (χ1n) is 9.09. The first-order valence-corrected chi connectivity index (χ1v) is 10.1. The van der Waals surface area contributed by atoms with Crippen molar-refractivity contribution in [3.8, 4) is 11.5 Å². The molecule has 0 heterocycles. The SMILES string of the molecule is CCC(C)(Pc1c(C)cccc1/C=N/C)c1cccc(OC)c1OCOC. The van der Waals surface area contributed by atoms with Crippen molar-refractivity contribution in [1.29, 1.82) is 0 Å². The summed E-state index contributed by atoms with van der Waals surface area (Å²) in [6.07, 6.45) is 2.92. The molecule has 0 saturated heterocycles. The number of benzene rings is 2. The van der Waals surface area contributed by atoms with E-state index in [-0.39, 0.29) is 11.9 Å². The lowest BCUT2D eigenvalue weighted by molar-refractivity contribution is 0.0480. The molecule has 27 heavy (non-hydrogen) atoms. The highest BCUT2D eigenvalue weighted by Gasteiger charge is 2.31. The van der Waals surface area contributed by atoms with Crippen LogP contribution in [-0.2, 0) is 9.89 Å². The number of methoxy groups -OCH3 is 2. The Morgan fingerprint density at radius 2 is 1.89 bits per heavy atom. The quantitative estimate of drug-likeness (QED) is 0.357. The van der Waals surface area contributed by atoms with Gasteiger partial charge < -0.3 is 14.2 Å². The third-order valence-electron chi connectivity index (χ3n) is 4.80. The minimum absolute atomic E-state index is 0.0972. The Labute approximate surface area is 164 Å². The smallest absolute Gasteiger partial charge is 0.188 e. The molecule has 0 N–H and O–H groups in total. The molecule has 0 amide bonds. The average molecular weight is 387 g/mol. The Morgan fingerprint density at radius 1 is 1.15 bits per heavy atom. The van der Waals surface area contributed by atoms with Gasteiger partial charge in [0.05, 0.1) is 7.11 Å². The number of rotatable bonds is 9. The van der Waals surface area contributed by atoms with Crippen molar-refractivity contribution in [1.82, 2.24) is 0 Å². The zero-order chi connectivity index (χ0) is 19.9. The van der Waals surface area contributed by atoms with Crippen LogP contribution < -0.4 is 14.8 Å². The van der Waals surface area contributed by atoms with Crippen LogP contribution >= 0.6 is 8.58 Å². The topological polar surface area (TPSA) is 40.0 Å². The van der Waals surface area contributed by atoms with E-state index in [4.69, 9.17) is 14.2 Å². The fraction of sp³-hybridized carbons (Fsp3) is 0.409. The van der Waals surface area contributed by atoms with Gasteiger partial charge in [-0.25, -0.2) is 0 Å². The first-order chi connectivity index (χ1) is 13.0. The molecule has 0 aliphatic carbocycles.